The number of halogens is 1. The first-order chi connectivity index (χ1) is 13.1. The van der Waals surface area contributed by atoms with Crippen LogP contribution in [0.15, 0.2) is 72.0 Å². The van der Waals surface area contributed by atoms with Crippen molar-refractivity contribution in [2.75, 3.05) is 0 Å². The predicted octanol–water partition coefficient (Wildman–Crippen LogP) is 3.60. The molecule has 0 saturated heterocycles. The molecule has 0 unspecified atom stereocenters. The zero-order valence-corrected chi connectivity index (χ0v) is 14.8. The Hall–Kier alpha value is -3.62. The molecule has 5 nitrogen and oxygen atoms in total. The molecule has 0 bridgehead atoms. The van der Waals surface area contributed by atoms with Gasteiger partial charge in [-0.25, -0.2) is 10.4 Å². The van der Waals surface area contributed by atoms with Gasteiger partial charge >= 0.3 is 0 Å². The SMILES string of the molecule is O=C(NN=Cc1ccc(C#Cc2ccccn2)cc1)c1ccc(O)c(Cl)c1. The standard InChI is InChI=1S/C21H14ClN3O2/c22-19-13-17(9-11-20(19)26)21(27)25-24-14-16-6-4-15(5-7-16)8-10-18-3-1-2-12-23-18/h1-7,9,11-14,26H,(H,25,27). The fourth-order valence-electron chi connectivity index (χ4n) is 2.10. The van der Waals surface area contributed by atoms with Crippen LogP contribution in [0, 0.1) is 11.8 Å². The number of aromatic hydroxyl groups is 1. The van der Waals surface area contributed by atoms with Gasteiger partial charge in [0.1, 0.15) is 11.4 Å². The Kier molecular flexibility index (Phi) is 5.83. The smallest absolute Gasteiger partial charge is 0.271 e. The van der Waals surface area contributed by atoms with E-state index in [4.69, 9.17) is 11.6 Å². The van der Waals surface area contributed by atoms with Gasteiger partial charge in [0.2, 0.25) is 0 Å². The molecule has 2 N–H and O–H groups in total. The van der Waals surface area contributed by atoms with Crippen molar-refractivity contribution in [3.8, 4) is 17.6 Å². The van der Waals surface area contributed by atoms with E-state index in [0.717, 1.165) is 11.1 Å². The minimum Gasteiger partial charge on any atom is -0.506 e. The van der Waals surface area contributed by atoms with Crippen LogP contribution in [0.1, 0.15) is 27.2 Å². The number of phenolic OH excluding ortho intramolecular Hbond substituents is 1. The fraction of sp³-hybridized carbons (Fsp3) is 0. The van der Waals surface area contributed by atoms with Gasteiger partial charge in [0, 0.05) is 17.3 Å². The Morgan fingerprint density at radius 2 is 1.93 bits per heavy atom. The Labute approximate surface area is 161 Å². The van der Waals surface area contributed by atoms with Crippen molar-refractivity contribution in [2.45, 2.75) is 0 Å². The Morgan fingerprint density at radius 3 is 2.63 bits per heavy atom. The summed E-state index contributed by atoms with van der Waals surface area (Å²) in [5.74, 6) is 5.51. The lowest BCUT2D eigenvalue weighted by Gasteiger charge is -2.02. The molecule has 0 atom stereocenters. The maximum absolute atomic E-state index is 12.0. The fourth-order valence-corrected chi connectivity index (χ4v) is 2.28. The average Bonchev–Trinajstić information content (AvgIpc) is 2.70. The number of carbonyl (C=O) groups is 1. The van der Waals surface area contributed by atoms with Crippen molar-refractivity contribution in [1.82, 2.24) is 10.4 Å². The third-order valence-corrected chi connectivity index (χ3v) is 3.80. The summed E-state index contributed by atoms with van der Waals surface area (Å²) in [5, 5.41) is 13.4. The summed E-state index contributed by atoms with van der Waals surface area (Å²) in [6.07, 6.45) is 3.22. The van der Waals surface area contributed by atoms with Gasteiger partial charge in [-0.3, -0.25) is 4.79 Å². The minimum absolute atomic E-state index is 0.0806. The molecule has 0 spiro atoms. The number of hydrogen-bond acceptors (Lipinski definition) is 4. The molecule has 1 heterocycles. The topological polar surface area (TPSA) is 74.6 Å². The zero-order valence-electron chi connectivity index (χ0n) is 14.1. The van der Waals surface area contributed by atoms with Crippen molar-refractivity contribution >= 4 is 23.7 Å². The quantitative estimate of drug-likeness (QED) is 0.417. The van der Waals surface area contributed by atoms with E-state index in [0.29, 0.717) is 11.3 Å². The van der Waals surface area contributed by atoms with E-state index in [1.807, 2.05) is 42.5 Å². The molecule has 0 saturated carbocycles. The summed E-state index contributed by atoms with van der Waals surface area (Å²) in [6, 6.07) is 17.2. The molecule has 6 heteroatoms. The summed E-state index contributed by atoms with van der Waals surface area (Å²) in [7, 11) is 0. The summed E-state index contributed by atoms with van der Waals surface area (Å²) < 4.78 is 0. The Bertz CT molecular complexity index is 1040. The van der Waals surface area contributed by atoms with E-state index in [1.54, 1.807) is 6.20 Å². The molecule has 1 amide bonds. The first-order valence-electron chi connectivity index (χ1n) is 7.97. The van der Waals surface area contributed by atoms with Crippen LogP contribution in [0.5, 0.6) is 5.75 Å². The van der Waals surface area contributed by atoms with Gasteiger partial charge in [-0.2, -0.15) is 5.10 Å². The zero-order chi connectivity index (χ0) is 19.1. The van der Waals surface area contributed by atoms with Crippen molar-refractivity contribution in [3.63, 3.8) is 0 Å². The number of aromatic nitrogens is 1. The van der Waals surface area contributed by atoms with E-state index in [9.17, 15) is 9.90 Å². The normalized spacial score (nSPS) is 10.3. The van der Waals surface area contributed by atoms with Gasteiger partial charge in [-0.15, -0.1) is 0 Å². The second-order valence-electron chi connectivity index (χ2n) is 5.45. The molecule has 3 aromatic rings. The number of rotatable bonds is 3. The number of hydrogen-bond donors (Lipinski definition) is 2. The molecule has 132 valence electrons. The monoisotopic (exact) mass is 375 g/mol. The second kappa shape index (κ2) is 8.65. The molecule has 2 aromatic carbocycles. The summed E-state index contributed by atoms with van der Waals surface area (Å²) in [6.45, 7) is 0. The van der Waals surface area contributed by atoms with Gasteiger partial charge in [-0.05, 0) is 53.9 Å². The number of nitrogens with one attached hydrogen (secondary N) is 1. The van der Waals surface area contributed by atoms with Crippen molar-refractivity contribution in [2.24, 2.45) is 5.10 Å². The van der Waals surface area contributed by atoms with Crippen LogP contribution in [-0.2, 0) is 0 Å². The van der Waals surface area contributed by atoms with E-state index < -0.39 is 5.91 Å². The maximum atomic E-state index is 12.0. The maximum Gasteiger partial charge on any atom is 0.271 e. The highest BCUT2D eigenvalue weighted by molar-refractivity contribution is 6.32. The number of pyridine rings is 1. The lowest BCUT2D eigenvalue weighted by Crippen LogP contribution is -2.17. The molecule has 3 rings (SSSR count). The lowest BCUT2D eigenvalue weighted by atomic mass is 10.1. The highest BCUT2D eigenvalue weighted by atomic mass is 35.5. The van der Waals surface area contributed by atoms with Crippen LogP contribution in [0.4, 0.5) is 0 Å². The first kappa shape index (κ1) is 18.2. The van der Waals surface area contributed by atoms with Crippen LogP contribution in [-0.4, -0.2) is 22.2 Å². The van der Waals surface area contributed by atoms with Gasteiger partial charge in [-0.1, -0.05) is 35.7 Å². The van der Waals surface area contributed by atoms with Gasteiger partial charge in [0.15, 0.2) is 0 Å². The van der Waals surface area contributed by atoms with Crippen molar-refractivity contribution < 1.29 is 9.90 Å². The predicted molar refractivity (Wildman–Crippen MR) is 105 cm³/mol. The Morgan fingerprint density at radius 1 is 1.11 bits per heavy atom. The largest absolute Gasteiger partial charge is 0.506 e. The Balaban J connectivity index is 1.60. The summed E-state index contributed by atoms with van der Waals surface area (Å²) in [5.41, 5.74) is 5.07. The van der Waals surface area contributed by atoms with Crippen LogP contribution in [0.25, 0.3) is 0 Å². The molecule has 27 heavy (non-hydrogen) atoms. The highest BCUT2D eigenvalue weighted by Gasteiger charge is 2.07. The van der Waals surface area contributed by atoms with Crippen LogP contribution < -0.4 is 5.43 Å². The molecule has 0 aliphatic carbocycles. The third kappa shape index (κ3) is 5.18. The number of nitrogens with zero attached hydrogens (tertiary/aromatic N) is 2. The molecule has 0 fully saturated rings. The third-order valence-electron chi connectivity index (χ3n) is 3.50. The van der Waals surface area contributed by atoms with E-state index in [2.05, 4.69) is 27.4 Å². The molecular weight excluding hydrogens is 362 g/mol. The highest BCUT2D eigenvalue weighted by Crippen LogP contribution is 2.23. The van der Waals surface area contributed by atoms with Crippen molar-refractivity contribution in [1.29, 1.82) is 0 Å². The number of amides is 1. The molecule has 0 radical (unpaired) electrons. The number of benzene rings is 2. The average molecular weight is 376 g/mol. The van der Waals surface area contributed by atoms with Crippen LogP contribution in [0.2, 0.25) is 5.02 Å². The number of carbonyl (C=O) groups excluding carboxylic acids is 1. The summed E-state index contributed by atoms with van der Waals surface area (Å²) >= 11 is 5.78. The second-order valence-corrected chi connectivity index (χ2v) is 5.86. The van der Waals surface area contributed by atoms with Crippen molar-refractivity contribution in [3.05, 3.63) is 94.3 Å². The summed E-state index contributed by atoms with van der Waals surface area (Å²) in [4.78, 5) is 16.1. The van der Waals surface area contributed by atoms with Gasteiger partial charge in [0.05, 0.1) is 11.2 Å². The number of phenols is 1. The van der Waals surface area contributed by atoms with Gasteiger partial charge < -0.3 is 5.11 Å². The minimum atomic E-state index is -0.425. The molecule has 0 aliphatic heterocycles. The molecule has 1 aromatic heterocycles. The number of hydrazone groups is 1. The lowest BCUT2D eigenvalue weighted by molar-refractivity contribution is 0.0955. The van der Waals surface area contributed by atoms with E-state index in [1.165, 1.54) is 24.4 Å². The van der Waals surface area contributed by atoms with E-state index >= 15 is 0 Å². The first-order valence-corrected chi connectivity index (χ1v) is 8.35. The van der Waals surface area contributed by atoms with Gasteiger partial charge in [0.25, 0.3) is 5.91 Å². The van der Waals surface area contributed by atoms with Crippen LogP contribution >= 0.6 is 11.6 Å². The van der Waals surface area contributed by atoms with E-state index in [-0.39, 0.29) is 10.8 Å². The molecular formula is C21H14ClN3O2. The van der Waals surface area contributed by atoms with Crippen LogP contribution in [0.3, 0.4) is 0 Å². The molecule has 0 aliphatic rings.